The number of hydrogen-bond donors (Lipinski definition) is 0. The first-order valence-electron chi connectivity index (χ1n) is 15.0. The first-order valence-corrected chi connectivity index (χ1v) is 15.8. The van der Waals surface area contributed by atoms with Gasteiger partial charge in [-0.05, 0) is 42.5 Å². The zero-order chi connectivity index (χ0) is 29.5. The summed E-state index contributed by atoms with van der Waals surface area (Å²) in [4.78, 5) is 15.9. The molecule has 10 rings (SSSR count). The highest BCUT2D eigenvalue weighted by atomic mass is 32.1. The molecule has 5 nitrogen and oxygen atoms in total. The first-order chi connectivity index (χ1) is 22.3. The molecule has 0 radical (unpaired) electrons. The minimum absolute atomic E-state index is 0.677. The Kier molecular flexibility index (Phi) is 5.09. The van der Waals surface area contributed by atoms with E-state index in [-0.39, 0.29) is 0 Å². The van der Waals surface area contributed by atoms with E-state index < -0.39 is 0 Å². The largest absolute Gasteiger partial charge is 0.309 e. The number of rotatable bonds is 3. The molecule has 6 heteroatoms. The molecule has 0 amide bonds. The number of thiophene rings is 1. The van der Waals surface area contributed by atoms with Gasteiger partial charge in [0.1, 0.15) is 4.83 Å². The predicted octanol–water partition coefficient (Wildman–Crippen LogP) is 10.1. The zero-order valence-corrected chi connectivity index (χ0v) is 24.7. The number of fused-ring (bicyclic) bond motifs is 10. The molecule has 0 spiro atoms. The third kappa shape index (κ3) is 3.45. The molecule has 5 aromatic heterocycles. The Morgan fingerprint density at radius 1 is 0.467 bits per heavy atom. The average molecular weight is 594 g/mol. The molecule has 5 heterocycles. The van der Waals surface area contributed by atoms with E-state index in [1.165, 1.54) is 31.6 Å². The summed E-state index contributed by atoms with van der Waals surface area (Å²) in [5.41, 5.74) is 7.61. The SMILES string of the molecule is c1ccc(-c2nc(-n3c4ccccc4c4c5c6ccccc6n(-c6ccncc6)c5ccc43)nc3sc4ccccc4c23)cc1. The highest BCUT2D eigenvalue weighted by Crippen LogP contribution is 2.43. The molecule has 45 heavy (non-hydrogen) atoms. The number of pyridine rings is 1. The number of nitrogens with zero attached hydrogens (tertiary/aromatic N) is 5. The van der Waals surface area contributed by atoms with Gasteiger partial charge in [0.2, 0.25) is 5.95 Å². The summed E-state index contributed by atoms with van der Waals surface area (Å²) in [6.45, 7) is 0. The van der Waals surface area contributed by atoms with Crippen LogP contribution in [0.3, 0.4) is 0 Å². The molecule has 5 aromatic carbocycles. The zero-order valence-electron chi connectivity index (χ0n) is 23.9. The first kappa shape index (κ1) is 24.6. The van der Waals surface area contributed by atoms with Gasteiger partial charge in [-0.1, -0.05) is 84.9 Å². The number of benzene rings is 5. The van der Waals surface area contributed by atoms with Crippen LogP contribution in [0.15, 0.2) is 140 Å². The van der Waals surface area contributed by atoms with E-state index >= 15 is 0 Å². The summed E-state index contributed by atoms with van der Waals surface area (Å²) < 4.78 is 5.80. The minimum atomic E-state index is 0.677. The van der Waals surface area contributed by atoms with Gasteiger partial charge in [-0.15, -0.1) is 11.3 Å². The van der Waals surface area contributed by atoms with Gasteiger partial charge >= 0.3 is 0 Å². The molecule has 0 aliphatic carbocycles. The monoisotopic (exact) mass is 593 g/mol. The van der Waals surface area contributed by atoms with Crippen molar-refractivity contribution < 1.29 is 0 Å². The predicted molar refractivity (Wildman–Crippen MR) is 187 cm³/mol. The Hall–Kier alpha value is -5.85. The normalized spacial score (nSPS) is 12.0. The second kappa shape index (κ2) is 9.32. The second-order valence-electron chi connectivity index (χ2n) is 11.3. The van der Waals surface area contributed by atoms with E-state index in [2.05, 4.69) is 142 Å². The molecular formula is C39H23N5S. The fourth-order valence-electron chi connectivity index (χ4n) is 7.02. The highest BCUT2D eigenvalue weighted by Gasteiger charge is 2.23. The fourth-order valence-corrected chi connectivity index (χ4v) is 8.09. The maximum Gasteiger partial charge on any atom is 0.236 e. The van der Waals surface area contributed by atoms with Crippen molar-refractivity contribution in [2.75, 3.05) is 0 Å². The Labute approximate surface area is 261 Å². The lowest BCUT2D eigenvalue weighted by molar-refractivity contribution is 1.02. The molecule has 0 atom stereocenters. The van der Waals surface area contributed by atoms with Crippen molar-refractivity contribution in [1.29, 1.82) is 0 Å². The lowest BCUT2D eigenvalue weighted by atomic mass is 10.1. The Morgan fingerprint density at radius 2 is 1.07 bits per heavy atom. The van der Waals surface area contributed by atoms with Crippen molar-refractivity contribution in [3.05, 3.63) is 140 Å². The van der Waals surface area contributed by atoms with Gasteiger partial charge in [-0.3, -0.25) is 9.55 Å². The van der Waals surface area contributed by atoms with Crippen molar-refractivity contribution in [1.82, 2.24) is 24.1 Å². The van der Waals surface area contributed by atoms with E-state index in [0.717, 1.165) is 49.2 Å². The summed E-state index contributed by atoms with van der Waals surface area (Å²) >= 11 is 1.73. The summed E-state index contributed by atoms with van der Waals surface area (Å²) in [5, 5.41) is 7.11. The van der Waals surface area contributed by atoms with Crippen LogP contribution in [0.5, 0.6) is 0 Å². The summed E-state index contributed by atoms with van der Waals surface area (Å²) in [6, 6.07) is 44.9. The molecule has 210 valence electrons. The van der Waals surface area contributed by atoms with Gasteiger partial charge < -0.3 is 4.57 Å². The van der Waals surface area contributed by atoms with Gasteiger partial charge in [0.05, 0.1) is 27.8 Å². The van der Waals surface area contributed by atoms with Crippen molar-refractivity contribution in [3.8, 4) is 22.9 Å². The molecule has 0 aliphatic heterocycles. The Morgan fingerprint density at radius 3 is 1.80 bits per heavy atom. The summed E-state index contributed by atoms with van der Waals surface area (Å²) in [5.74, 6) is 0.677. The maximum absolute atomic E-state index is 5.38. The van der Waals surface area contributed by atoms with Crippen LogP contribution in [-0.4, -0.2) is 24.1 Å². The summed E-state index contributed by atoms with van der Waals surface area (Å²) in [7, 11) is 0. The molecule has 0 fully saturated rings. The van der Waals surface area contributed by atoms with Crippen molar-refractivity contribution in [2.45, 2.75) is 0 Å². The van der Waals surface area contributed by atoms with Crippen LogP contribution in [0.25, 0.3) is 86.8 Å². The number of hydrogen-bond acceptors (Lipinski definition) is 4. The average Bonchev–Trinajstić information content (AvgIpc) is 3.76. The third-order valence-corrected chi connectivity index (χ3v) is 9.93. The van der Waals surface area contributed by atoms with E-state index in [9.17, 15) is 0 Å². The van der Waals surface area contributed by atoms with Crippen LogP contribution in [0.4, 0.5) is 0 Å². The van der Waals surface area contributed by atoms with E-state index in [0.29, 0.717) is 5.95 Å². The standard InChI is InChI=1S/C39H23N5S/c1-2-10-24(11-3-1)37-36-28-14-6-9-17-33(28)45-38(36)42-39(41-37)44-30-16-8-5-13-27(30)35-32(44)19-18-31-34(35)26-12-4-7-15-29(26)43(31)25-20-22-40-23-21-25/h1-23H. The molecule has 0 N–H and O–H groups in total. The van der Waals surface area contributed by atoms with Crippen LogP contribution in [0.2, 0.25) is 0 Å². The fraction of sp³-hybridized carbons (Fsp3) is 0. The van der Waals surface area contributed by atoms with Gasteiger partial charge in [0, 0.05) is 60.7 Å². The van der Waals surface area contributed by atoms with Crippen molar-refractivity contribution >= 4 is 75.3 Å². The molecule has 10 aromatic rings. The molecule has 0 bridgehead atoms. The van der Waals surface area contributed by atoms with Crippen LogP contribution >= 0.6 is 11.3 Å². The minimum Gasteiger partial charge on any atom is -0.309 e. The van der Waals surface area contributed by atoms with Gasteiger partial charge in [-0.25, -0.2) is 9.97 Å². The number of aromatic nitrogens is 5. The van der Waals surface area contributed by atoms with Crippen LogP contribution < -0.4 is 0 Å². The lowest BCUT2D eigenvalue weighted by Crippen LogP contribution is -2.02. The molecule has 0 unspecified atom stereocenters. The van der Waals surface area contributed by atoms with Crippen molar-refractivity contribution in [3.63, 3.8) is 0 Å². The van der Waals surface area contributed by atoms with Crippen LogP contribution in [0.1, 0.15) is 0 Å². The Bertz CT molecular complexity index is 2760. The molecule has 0 aliphatic rings. The maximum atomic E-state index is 5.38. The smallest absolute Gasteiger partial charge is 0.236 e. The van der Waals surface area contributed by atoms with E-state index in [1.807, 2.05) is 12.4 Å². The topological polar surface area (TPSA) is 48.5 Å². The quantitative estimate of drug-likeness (QED) is 0.205. The molecule has 0 saturated heterocycles. The van der Waals surface area contributed by atoms with Gasteiger partial charge in [-0.2, -0.15) is 0 Å². The summed E-state index contributed by atoms with van der Waals surface area (Å²) in [6.07, 6.45) is 3.71. The van der Waals surface area contributed by atoms with Crippen LogP contribution in [-0.2, 0) is 0 Å². The van der Waals surface area contributed by atoms with E-state index in [4.69, 9.17) is 9.97 Å². The molecule has 0 saturated carbocycles. The Balaban J connectivity index is 1.36. The van der Waals surface area contributed by atoms with E-state index in [1.54, 1.807) is 11.3 Å². The highest BCUT2D eigenvalue weighted by molar-refractivity contribution is 7.25. The van der Waals surface area contributed by atoms with Gasteiger partial charge in [0.25, 0.3) is 0 Å². The van der Waals surface area contributed by atoms with Crippen molar-refractivity contribution in [2.24, 2.45) is 0 Å². The van der Waals surface area contributed by atoms with Gasteiger partial charge in [0.15, 0.2) is 0 Å². The van der Waals surface area contributed by atoms with Crippen LogP contribution in [0, 0.1) is 0 Å². The number of para-hydroxylation sites is 2. The lowest BCUT2D eigenvalue weighted by Gasteiger charge is -2.10. The second-order valence-corrected chi connectivity index (χ2v) is 12.3. The third-order valence-electron chi connectivity index (χ3n) is 8.87. The molecular weight excluding hydrogens is 571 g/mol.